The molecule has 1 aliphatic heterocycles. The fourth-order valence-electron chi connectivity index (χ4n) is 3.30. The summed E-state index contributed by atoms with van der Waals surface area (Å²) in [5.74, 6) is 1.93. The predicted octanol–water partition coefficient (Wildman–Crippen LogP) is 5.72. The fraction of sp³-hybridized carbons (Fsp3) is 0.143. The Hall–Kier alpha value is -2.26. The largest absolute Gasteiger partial charge is 0.497 e. The van der Waals surface area contributed by atoms with Gasteiger partial charge < -0.3 is 9.47 Å². The van der Waals surface area contributed by atoms with Crippen molar-refractivity contribution in [3.63, 3.8) is 0 Å². The first-order chi connectivity index (χ1) is 11.8. The molecule has 0 fully saturated rings. The lowest BCUT2D eigenvalue weighted by atomic mass is 9.85. The van der Waals surface area contributed by atoms with Gasteiger partial charge in [-0.1, -0.05) is 58.4 Å². The summed E-state index contributed by atoms with van der Waals surface area (Å²) in [4.78, 5) is 0. The molecule has 0 saturated heterocycles. The molecule has 0 unspecified atom stereocenters. The monoisotopic (exact) mass is 380 g/mol. The van der Waals surface area contributed by atoms with Crippen LogP contribution in [0.5, 0.6) is 11.5 Å². The van der Waals surface area contributed by atoms with Crippen LogP contribution in [0.1, 0.15) is 28.7 Å². The maximum Gasteiger partial charge on any atom is 0.135 e. The number of benzene rings is 3. The highest BCUT2D eigenvalue weighted by molar-refractivity contribution is 9.10. The molecule has 24 heavy (non-hydrogen) atoms. The Morgan fingerprint density at radius 3 is 2.33 bits per heavy atom. The van der Waals surface area contributed by atoms with Gasteiger partial charge in [0.1, 0.15) is 17.6 Å². The second kappa shape index (κ2) is 6.33. The van der Waals surface area contributed by atoms with Crippen LogP contribution in [0.3, 0.4) is 0 Å². The molecule has 3 aromatic carbocycles. The zero-order chi connectivity index (χ0) is 16.5. The van der Waals surface area contributed by atoms with Gasteiger partial charge in [-0.25, -0.2) is 0 Å². The summed E-state index contributed by atoms with van der Waals surface area (Å²) in [5, 5.41) is 0. The zero-order valence-corrected chi connectivity index (χ0v) is 14.9. The number of halogens is 1. The topological polar surface area (TPSA) is 18.5 Å². The molecule has 0 aliphatic carbocycles. The summed E-state index contributed by atoms with van der Waals surface area (Å²) in [6.07, 6.45) is -0.0329. The van der Waals surface area contributed by atoms with Crippen molar-refractivity contribution in [2.75, 3.05) is 7.11 Å². The van der Waals surface area contributed by atoms with Crippen molar-refractivity contribution in [2.45, 2.75) is 12.0 Å². The third kappa shape index (κ3) is 2.69. The second-order valence-electron chi connectivity index (χ2n) is 5.88. The molecular weight excluding hydrogens is 364 g/mol. The summed E-state index contributed by atoms with van der Waals surface area (Å²) in [7, 11) is 1.70. The normalized spacial score (nSPS) is 18.8. The smallest absolute Gasteiger partial charge is 0.135 e. The van der Waals surface area contributed by atoms with Crippen molar-refractivity contribution in [3.05, 3.63) is 94.0 Å². The van der Waals surface area contributed by atoms with E-state index in [2.05, 4.69) is 70.5 Å². The van der Waals surface area contributed by atoms with Crippen LogP contribution >= 0.6 is 15.9 Å². The van der Waals surface area contributed by atoms with Gasteiger partial charge >= 0.3 is 0 Å². The van der Waals surface area contributed by atoms with Crippen molar-refractivity contribution >= 4 is 15.9 Å². The lowest BCUT2D eigenvalue weighted by Crippen LogP contribution is -2.11. The number of rotatable bonds is 3. The Morgan fingerprint density at radius 1 is 0.875 bits per heavy atom. The van der Waals surface area contributed by atoms with E-state index in [0.717, 1.165) is 16.0 Å². The minimum atomic E-state index is -0.0329. The molecular formula is C21H17BrO2. The van der Waals surface area contributed by atoms with E-state index < -0.39 is 0 Å². The van der Waals surface area contributed by atoms with Crippen LogP contribution < -0.4 is 9.47 Å². The van der Waals surface area contributed by atoms with Crippen LogP contribution in [0, 0.1) is 0 Å². The van der Waals surface area contributed by atoms with Gasteiger partial charge in [0, 0.05) is 10.0 Å². The van der Waals surface area contributed by atoms with E-state index in [1.807, 2.05) is 18.2 Å². The number of ether oxygens (including phenoxy) is 2. The van der Waals surface area contributed by atoms with Gasteiger partial charge in [-0.3, -0.25) is 0 Å². The van der Waals surface area contributed by atoms with Gasteiger partial charge in [0.2, 0.25) is 0 Å². The Morgan fingerprint density at radius 2 is 1.62 bits per heavy atom. The molecule has 4 rings (SSSR count). The molecule has 0 aromatic heterocycles. The minimum absolute atomic E-state index is 0.0329. The molecule has 120 valence electrons. The van der Waals surface area contributed by atoms with Crippen LogP contribution in [-0.4, -0.2) is 7.11 Å². The van der Waals surface area contributed by atoms with Crippen molar-refractivity contribution in [3.8, 4) is 11.5 Å². The molecule has 0 spiro atoms. The van der Waals surface area contributed by atoms with Crippen LogP contribution in [0.15, 0.2) is 77.3 Å². The number of fused-ring (bicyclic) bond motifs is 1. The highest BCUT2D eigenvalue weighted by atomic mass is 79.9. The van der Waals surface area contributed by atoms with Gasteiger partial charge in [-0.05, 0) is 41.5 Å². The summed E-state index contributed by atoms with van der Waals surface area (Å²) in [6.45, 7) is 0. The summed E-state index contributed by atoms with van der Waals surface area (Å²) in [5.41, 5.74) is 3.59. The van der Waals surface area contributed by atoms with Crippen molar-refractivity contribution in [1.82, 2.24) is 0 Å². The van der Waals surface area contributed by atoms with Gasteiger partial charge in [0.05, 0.1) is 13.0 Å². The second-order valence-corrected chi connectivity index (χ2v) is 6.80. The van der Waals surface area contributed by atoms with Crippen molar-refractivity contribution in [1.29, 1.82) is 0 Å². The fourth-order valence-corrected chi connectivity index (χ4v) is 3.56. The quantitative estimate of drug-likeness (QED) is 0.578. The molecule has 1 heterocycles. The molecule has 0 bridgehead atoms. The molecule has 2 nitrogen and oxygen atoms in total. The zero-order valence-electron chi connectivity index (χ0n) is 13.3. The standard InChI is InChI=1S/C21H17BrO2/c1-23-17-11-12-19-18(13-17)20(14-7-9-16(22)10-8-14)21(24-19)15-5-3-2-4-6-15/h2-13,20-21H,1H3/t20-,21+/m1/s1. The van der Waals surface area contributed by atoms with Crippen molar-refractivity contribution < 1.29 is 9.47 Å². The van der Waals surface area contributed by atoms with Gasteiger partial charge in [0.25, 0.3) is 0 Å². The van der Waals surface area contributed by atoms with Gasteiger partial charge in [-0.2, -0.15) is 0 Å². The molecule has 3 aromatic rings. The SMILES string of the molecule is COc1ccc2c(c1)[C@@H](c1ccc(Br)cc1)[C@H](c1ccccc1)O2. The van der Waals surface area contributed by atoms with E-state index in [0.29, 0.717) is 0 Å². The molecule has 0 radical (unpaired) electrons. The predicted molar refractivity (Wildman–Crippen MR) is 98.8 cm³/mol. The van der Waals surface area contributed by atoms with E-state index in [9.17, 15) is 0 Å². The van der Waals surface area contributed by atoms with E-state index >= 15 is 0 Å². The first-order valence-corrected chi connectivity index (χ1v) is 8.70. The van der Waals surface area contributed by atoms with Gasteiger partial charge in [0.15, 0.2) is 0 Å². The van der Waals surface area contributed by atoms with Crippen molar-refractivity contribution in [2.24, 2.45) is 0 Å². The molecule has 1 aliphatic rings. The molecule has 0 saturated carbocycles. The van der Waals surface area contributed by atoms with E-state index in [1.54, 1.807) is 7.11 Å². The Kier molecular flexibility index (Phi) is 4.03. The first-order valence-electron chi connectivity index (χ1n) is 7.91. The molecule has 0 amide bonds. The first kappa shape index (κ1) is 15.3. The summed E-state index contributed by atoms with van der Waals surface area (Å²) in [6, 6.07) is 24.9. The average Bonchev–Trinajstić information content (AvgIpc) is 3.01. The number of hydrogen-bond acceptors (Lipinski definition) is 2. The highest BCUT2D eigenvalue weighted by Crippen LogP contribution is 2.50. The average molecular weight is 381 g/mol. The number of hydrogen-bond donors (Lipinski definition) is 0. The third-order valence-electron chi connectivity index (χ3n) is 4.47. The summed E-state index contributed by atoms with van der Waals surface area (Å²) >= 11 is 3.52. The van der Waals surface area contributed by atoms with Crippen LogP contribution in [-0.2, 0) is 0 Å². The van der Waals surface area contributed by atoms with E-state index in [4.69, 9.17) is 9.47 Å². The lowest BCUT2D eigenvalue weighted by Gasteiger charge is -2.20. The highest BCUT2D eigenvalue weighted by Gasteiger charge is 2.36. The lowest BCUT2D eigenvalue weighted by molar-refractivity contribution is 0.222. The van der Waals surface area contributed by atoms with E-state index in [1.165, 1.54) is 16.7 Å². The Labute approximate surface area is 150 Å². The maximum absolute atomic E-state index is 6.32. The maximum atomic E-state index is 6.32. The summed E-state index contributed by atoms with van der Waals surface area (Å²) < 4.78 is 12.8. The Balaban J connectivity index is 1.85. The molecule has 2 atom stereocenters. The van der Waals surface area contributed by atoms with Crippen LogP contribution in [0.25, 0.3) is 0 Å². The Bertz CT molecular complexity index is 843. The number of methoxy groups -OCH3 is 1. The van der Waals surface area contributed by atoms with Crippen LogP contribution in [0.2, 0.25) is 0 Å². The third-order valence-corrected chi connectivity index (χ3v) is 4.99. The minimum Gasteiger partial charge on any atom is -0.497 e. The molecule has 3 heteroatoms. The van der Waals surface area contributed by atoms with E-state index in [-0.39, 0.29) is 12.0 Å². The molecule has 0 N–H and O–H groups in total. The van der Waals surface area contributed by atoms with Gasteiger partial charge in [-0.15, -0.1) is 0 Å². The van der Waals surface area contributed by atoms with Crippen LogP contribution in [0.4, 0.5) is 0 Å².